The maximum atomic E-state index is 5.31. The van der Waals surface area contributed by atoms with Crippen LogP contribution in [0.3, 0.4) is 0 Å². The highest BCUT2D eigenvalue weighted by Gasteiger charge is 2.16. The van der Waals surface area contributed by atoms with E-state index in [-0.39, 0.29) is 0 Å². The van der Waals surface area contributed by atoms with Crippen molar-refractivity contribution in [1.82, 2.24) is 14.9 Å². The van der Waals surface area contributed by atoms with Crippen LogP contribution in [-0.4, -0.2) is 14.9 Å². The first-order valence-corrected chi connectivity index (χ1v) is 5.91. The highest BCUT2D eigenvalue weighted by molar-refractivity contribution is 7.79. The molecule has 0 aliphatic rings. The third-order valence-electron chi connectivity index (χ3n) is 2.65. The number of aryl methyl sites for hydroxylation is 2. The molecule has 0 spiro atoms. The molecule has 4 nitrogen and oxygen atoms in total. The van der Waals surface area contributed by atoms with Crippen LogP contribution in [-0.2, 0) is 12.3 Å². The summed E-state index contributed by atoms with van der Waals surface area (Å²) < 4.78 is 7.27. The minimum Gasteiger partial charge on any atom is -0.356 e. The Labute approximate surface area is 100 Å². The maximum Gasteiger partial charge on any atom is 0.170 e. The number of nitrogens with zero attached hydrogens (tertiary/aromatic N) is 3. The Kier molecular flexibility index (Phi) is 3.05. The van der Waals surface area contributed by atoms with Crippen LogP contribution < -0.4 is 0 Å². The molecule has 0 fully saturated rings. The molecule has 0 unspecified atom stereocenters. The zero-order chi connectivity index (χ0) is 11.7. The van der Waals surface area contributed by atoms with Gasteiger partial charge in [0, 0.05) is 24.1 Å². The van der Waals surface area contributed by atoms with Gasteiger partial charge < -0.3 is 4.52 Å². The van der Waals surface area contributed by atoms with E-state index < -0.39 is 0 Å². The van der Waals surface area contributed by atoms with Crippen LogP contribution >= 0.6 is 12.6 Å². The first-order chi connectivity index (χ1) is 7.67. The summed E-state index contributed by atoms with van der Waals surface area (Å²) in [6.45, 7) is 6.96. The van der Waals surface area contributed by atoms with E-state index in [9.17, 15) is 0 Å². The van der Waals surface area contributed by atoms with Gasteiger partial charge in [-0.3, -0.25) is 4.68 Å². The lowest BCUT2D eigenvalue weighted by molar-refractivity contribution is 0.426. The Morgan fingerprint density at radius 3 is 2.69 bits per heavy atom. The van der Waals surface area contributed by atoms with Crippen molar-refractivity contribution in [2.45, 2.75) is 33.1 Å². The van der Waals surface area contributed by atoms with Gasteiger partial charge in [0.1, 0.15) is 0 Å². The van der Waals surface area contributed by atoms with Gasteiger partial charge in [-0.05, 0) is 20.8 Å². The lowest BCUT2D eigenvalue weighted by Crippen LogP contribution is -1.98. The number of hydrogen-bond acceptors (Lipinski definition) is 4. The van der Waals surface area contributed by atoms with E-state index in [1.165, 1.54) is 0 Å². The van der Waals surface area contributed by atoms with Gasteiger partial charge in [0.2, 0.25) is 0 Å². The molecule has 0 aliphatic heterocycles. The molecular formula is C11H15N3OS. The SMILES string of the molecule is CCn1nc(C)c(-c2cc(CS)no2)c1C. The van der Waals surface area contributed by atoms with Gasteiger partial charge in [0.15, 0.2) is 5.76 Å². The van der Waals surface area contributed by atoms with Crippen LogP contribution in [0.4, 0.5) is 0 Å². The fraction of sp³-hybridized carbons (Fsp3) is 0.455. The first-order valence-electron chi connectivity index (χ1n) is 5.28. The highest BCUT2D eigenvalue weighted by Crippen LogP contribution is 2.27. The summed E-state index contributed by atoms with van der Waals surface area (Å²) in [4.78, 5) is 0. The molecule has 0 saturated heterocycles. The van der Waals surface area contributed by atoms with Crippen LogP contribution in [0.5, 0.6) is 0 Å². The zero-order valence-electron chi connectivity index (χ0n) is 9.69. The Bertz CT molecular complexity index is 501. The van der Waals surface area contributed by atoms with E-state index in [2.05, 4.69) is 29.8 Å². The number of rotatable bonds is 3. The molecule has 2 rings (SSSR count). The minimum absolute atomic E-state index is 0.587. The smallest absolute Gasteiger partial charge is 0.170 e. The van der Waals surface area contributed by atoms with Crippen molar-refractivity contribution in [3.05, 3.63) is 23.1 Å². The van der Waals surface area contributed by atoms with Crippen molar-refractivity contribution in [1.29, 1.82) is 0 Å². The molecule has 5 heteroatoms. The largest absolute Gasteiger partial charge is 0.356 e. The second-order valence-corrected chi connectivity index (χ2v) is 4.02. The van der Waals surface area contributed by atoms with Crippen LogP contribution in [0.15, 0.2) is 10.6 Å². The van der Waals surface area contributed by atoms with Crippen LogP contribution in [0, 0.1) is 13.8 Å². The van der Waals surface area contributed by atoms with Crippen LogP contribution in [0.1, 0.15) is 24.0 Å². The second-order valence-electron chi connectivity index (χ2n) is 3.70. The first kappa shape index (κ1) is 11.3. The molecule has 0 amide bonds. The molecule has 0 bridgehead atoms. The van der Waals surface area contributed by atoms with Gasteiger partial charge in [-0.1, -0.05) is 5.16 Å². The molecule has 2 heterocycles. The molecule has 0 N–H and O–H groups in total. The number of thiol groups is 1. The average Bonchev–Trinajstić information content (AvgIpc) is 2.83. The second kappa shape index (κ2) is 4.33. The Balaban J connectivity index is 2.50. The van der Waals surface area contributed by atoms with Crippen molar-refractivity contribution in [3.8, 4) is 11.3 Å². The Morgan fingerprint density at radius 1 is 1.44 bits per heavy atom. The predicted octanol–water partition coefficient (Wildman–Crippen LogP) is 2.60. The van der Waals surface area contributed by atoms with Crippen LogP contribution in [0.2, 0.25) is 0 Å². The summed E-state index contributed by atoms with van der Waals surface area (Å²) >= 11 is 4.17. The summed E-state index contributed by atoms with van der Waals surface area (Å²) in [6, 6.07) is 1.92. The van der Waals surface area contributed by atoms with E-state index >= 15 is 0 Å². The molecule has 86 valence electrons. The van der Waals surface area contributed by atoms with Crippen molar-refractivity contribution in [2.24, 2.45) is 0 Å². The van der Waals surface area contributed by atoms with Crippen molar-refractivity contribution < 1.29 is 4.52 Å². The minimum atomic E-state index is 0.587. The third-order valence-corrected chi connectivity index (χ3v) is 2.97. The molecule has 0 radical (unpaired) electrons. The maximum absolute atomic E-state index is 5.31. The normalized spacial score (nSPS) is 11.0. The average molecular weight is 237 g/mol. The van der Waals surface area contributed by atoms with Crippen molar-refractivity contribution in [3.63, 3.8) is 0 Å². The van der Waals surface area contributed by atoms with Gasteiger partial charge in [-0.15, -0.1) is 0 Å². The summed E-state index contributed by atoms with van der Waals surface area (Å²) in [6.07, 6.45) is 0. The van der Waals surface area contributed by atoms with Gasteiger partial charge in [0.05, 0.1) is 17.0 Å². The lowest BCUT2D eigenvalue weighted by Gasteiger charge is -1.98. The van der Waals surface area contributed by atoms with Gasteiger partial charge in [-0.25, -0.2) is 0 Å². The van der Waals surface area contributed by atoms with Gasteiger partial charge in [0.25, 0.3) is 0 Å². The molecule has 16 heavy (non-hydrogen) atoms. The monoisotopic (exact) mass is 237 g/mol. The zero-order valence-corrected chi connectivity index (χ0v) is 10.6. The standard InChI is InChI=1S/C11H15N3OS/c1-4-14-8(3)11(7(2)12-14)10-5-9(6-16)13-15-10/h5,16H,4,6H2,1-3H3. The summed E-state index contributed by atoms with van der Waals surface area (Å²) in [5, 5.41) is 8.39. The van der Waals surface area contributed by atoms with Crippen molar-refractivity contribution in [2.75, 3.05) is 0 Å². The summed E-state index contributed by atoms with van der Waals surface area (Å²) in [7, 11) is 0. The van der Waals surface area contributed by atoms with Gasteiger partial charge >= 0.3 is 0 Å². The third kappa shape index (κ3) is 1.75. The van der Waals surface area contributed by atoms with Crippen molar-refractivity contribution >= 4 is 12.6 Å². The fourth-order valence-electron chi connectivity index (χ4n) is 1.87. The Hall–Kier alpha value is -1.23. The summed E-state index contributed by atoms with van der Waals surface area (Å²) in [5.74, 6) is 1.36. The lowest BCUT2D eigenvalue weighted by atomic mass is 10.1. The van der Waals surface area contributed by atoms with E-state index in [0.29, 0.717) is 5.75 Å². The van der Waals surface area contributed by atoms with E-state index in [0.717, 1.165) is 35.0 Å². The van der Waals surface area contributed by atoms with E-state index in [1.54, 1.807) is 0 Å². The number of hydrogen-bond donors (Lipinski definition) is 1. The van der Waals surface area contributed by atoms with Crippen LogP contribution in [0.25, 0.3) is 11.3 Å². The topological polar surface area (TPSA) is 43.9 Å². The van der Waals surface area contributed by atoms with E-state index in [1.807, 2.05) is 24.6 Å². The molecule has 0 saturated carbocycles. The highest BCUT2D eigenvalue weighted by atomic mass is 32.1. The molecule has 0 atom stereocenters. The van der Waals surface area contributed by atoms with E-state index in [4.69, 9.17) is 4.52 Å². The molecular weight excluding hydrogens is 222 g/mol. The number of aromatic nitrogens is 3. The molecule has 0 aromatic carbocycles. The molecule has 2 aromatic heterocycles. The predicted molar refractivity (Wildman–Crippen MR) is 65.6 cm³/mol. The fourth-order valence-corrected chi connectivity index (χ4v) is 2.01. The molecule has 0 aliphatic carbocycles. The molecule has 2 aromatic rings. The Morgan fingerprint density at radius 2 is 2.19 bits per heavy atom. The summed E-state index contributed by atoms with van der Waals surface area (Å²) in [5.41, 5.74) is 3.98. The van der Waals surface area contributed by atoms with Gasteiger partial charge in [-0.2, -0.15) is 17.7 Å². The quantitative estimate of drug-likeness (QED) is 0.834.